The van der Waals surface area contributed by atoms with Crippen molar-refractivity contribution in [1.29, 1.82) is 0 Å². The molecule has 0 amide bonds. The summed E-state index contributed by atoms with van der Waals surface area (Å²) in [6, 6.07) is 0. The highest BCUT2D eigenvalue weighted by atomic mass is 16.5. The Morgan fingerprint density at radius 2 is 2.46 bits per heavy atom. The lowest BCUT2D eigenvalue weighted by atomic mass is 10.2. The van der Waals surface area contributed by atoms with Crippen molar-refractivity contribution in [2.75, 3.05) is 7.11 Å². The topological polar surface area (TPSA) is 61.3 Å². The molecule has 1 aromatic rings. The quantitative estimate of drug-likeness (QED) is 0.744. The largest absolute Gasteiger partial charge is 0.444 e. The van der Waals surface area contributed by atoms with Crippen molar-refractivity contribution in [3.05, 3.63) is 17.8 Å². The SMILES string of the molecule is COC(C)CCc1cnc(CN)o1. The van der Waals surface area contributed by atoms with E-state index in [2.05, 4.69) is 4.98 Å². The minimum absolute atomic E-state index is 0.256. The summed E-state index contributed by atoms with van der Waals surface area (Å²) in [6.45, 7) is 2.39. The molecule has 1 rings (SSSR count). The van der Waals surface area contributed by atoms with Gasteiger partial charge >= 0.3 is 0 Å². The van der Waals surface area contributed by atoms with E-state index < -0.39 is 0 Å². The Morgan fingerprint density at radius 1 is 1.69 bits per heavy atom. The van der Waals surface area contributed by atoms with Gasteiger partial charge in [0.2, 0.25) is 5.89 Å². The fourth-order valence-corrected chi connectivity index (χ4v) is 1.02. The summed E-state index contributed by atoms with van der Waals surface area (Å²) < 4.78 is 10.5. The zero-order valence-electron chi connectivity index (χ0n) is 8.12. The third-order valence-electron chi connectivity index (χ3n) is 1.98. The lowest BCUT2D eigenvalue weighted by Crippen LogP contribution is -2.05. The van der Waals surface area contributed by atoms with E-state index in [1.807, 2.05) is 6.92 Å². The predicted octanol–water partition coefficient (Wildman–Crippen LogP) is 1.10. The van der Waals surface area contributed by atoms with Crippen LogP contribution in [0.4, 0.5) is 0 Å². The highest BCUT2D eigenvalue weighted by molar-refractivity contribution is 4.94. The van der Waals surface area contributed by atoms with E-state index in [4.69, 9.17) is 14.9 Å². The Morgan fingerprint density at radius 3 is 3.00 bits per heavy atom. The molecule has 0 bridgehead atoms. The highest BCUT2D eigenvalue weighted by Crippen LogP contribution is 2.08. The van der Waals surface area contributed by atoms with Crippen molar-refractivity contribution < 1.29 is 9.15 Å². The molecular weight excluding hydrogens is 168 g/mol. The van der Waals surface area contributed by atoms with Crippen molar-refractivity contribution in [2.45, 2.75) is 32.4 Å². The van der Waals surface area contributed by atoms with E-state index in [-0.39, 0.29) is 6.10 Å². The second-order valence-corrected chi connectivity index (χ2v) is 3.01. The molecule has 0 aliphatic carbocycles. The van der Waals surface area contributed by atoms with Crippen molar-refractivity contribution in [2.24, 2.45) is 5.73 Å². The van der Waals surface area contributed by atoms with Gasteiger partial charge in [0.1, 0.15) is 5.76 Å². The molecule has 4 nitrogen and oxygen atoms in total. The minimum atomic E-state index is 0.256. The number of nitrogens with two attached hydrogens (primary N) is 1. The molecule has 0 saturated carbocycles. The van der Waals surface area contributed by atoms with Crippen LogP contribution in [-0.2, 0) is 17.7 Å². The van der Waals surface area contributed by atoms with E-state index in [0.717, 1.165) is 18.6 Å². The summed E-state index contributed by atoms with van der Waals surface area (Å²) in [6.07, 6.45) is 3.77. The number of hydrogen-bond donors (Lipinski definition) is 1. The predicted molar refractivity (Wildman–Crippen MR) is 49.2 cm³/mol. The summed E-state index contributed by atoms with van der Waals surface area (Å²) in [4.78, 5) is 4.01. The monoisotopic (exact) mass is 184 g/mol. The average molecular weight is 184 g/mol. The maximum Gasteiger partial charge on any atom is 0.208 e. The first-order valence-corrected chi connectivity index (χ1v) is 4.42. The second-order valence-electron chi connectivity index (χ2n) is 3.01. The lowest BCUT2D eigenvalue weighted by Gasteiger charge is -2.06. The first-order valence-electron chi connectivity index (χ1n) is 4.42. The molecule has 0 fully saturated rings. The fraction of sp³-hybridized carbons (Fsp3) is 0.667. The highest BCUT2D eigenvalue weighted by Gasteiger charge is 2.04. The molecule has 1 heterocycles. The standard InChI is InChI=1S/C9H16N2O2/c1-7(12-2)3-4-8-6-11-9(5-10)13-8/h6-7H,3-5,10H2,1-2H3. The van der Waals surface area contributed by atoms with Gasteiger partial charge in [-0.05, 0) is 13.3 Å². The zero-order chi connectivity index (χ0) is 9.68. The van der Waals surface area contributed by atoms with E-state index in [1.165, 1.54) is 0 Å². The van der Waals surface area contributed by atoms with Crippen LogP contribution in [0.1, 0.15) is 25.0 Å². The molecule has 0 spiro atoms. The Balaban J connectivity index is 2.36. The zero-order valence-corrected chi connectivity index (χ0v) is 8.12. The van der Waals surface area contributed by atoms with Crippen LogP contribution in [0, 0.1) is 0 Å². The van der Waals surface area contributed by atoms with Crippen molar-refractivity contribution in [3.8, 4) is 0 Å². The van der Waals surface area contributed by atoms with E-state index in [1.54, 1.807) is 13.3 Å². The number of methoxy groups -OCH3 is 1. The van der Waals surface area contributed by atoms with Crippen LogP contribution in [0.3, 0.4) is 0 Å². The third-order valence-corrected chi connectivity index (χ3v) is 1.98. The van der Waals surface area contributed by atoms with Crippen LogP contribution in [0.2, 0.25) is 0 Å². The summed E-state index contributed by atoms with van der Waals surface area (Å²) in [5.74, 6) is 1.48. The number of nitrogens with zero attached hydrogens (tertiary/aromatic N) is 1. The number of aryl methyl sites for hydroxylation is 1. The van der Waals surface area contributed by atoms with Gasteiger partial charge in [0.05, 0.1) is 18.8 Å². The van der Waals surface area contributed by atoms with Crippen molar-refractivity contribution in [3.63, 3.8) is 0 Å². The smallest absolute Gasteiger partial charge is 0.208 e. The van der Waals surface area contributed by atoms with Gasteiger partial charge in [0, 0.05) is 13.5 Å². The lowest BCUT2D eigenvalue weighted by molar-refractivity contribution is 0.110. The van der Waals surface area contributed by atoms with Gasteiger partial charge in [-0.3, -0.25) is 0 Å². The average Bonchev–Trinajstić information content (AvgIpc) is 2.61. The summed E-state index contributed by atoms with van der Waals surface area (Å²) >= 11 is 0. The molecule has 2 N–H and O–H groups in total. The molecule has 0 saturated heterocycles. The van der Waals surface area contributed by atoms with Crippen LogP contribution in [0.25, 0.3) is 0 Å². The molecule has 0 radical (unpaired) electrons. The van der Waals surface area contributed by atoms with Gasteiger partial charge in [-0.2, -0.15) is 0 Å². The number of aromatic nitrogens is 1. The second kappa shape index (κ2) is 4.99. The minimum Gasteiger partial charge on any atom is -0.444 e. The van der Waals surface area contributed by atoms with Gasteiger partial charge in [0.15, 0.2) is 0 Å². The first-order chi connectivity index (χ1) is 6.26. The number of rotatable bonds is 5. The van der Waals surface area contributed by atoms with Crippen LogP contribution in [0.5, 0.6) is 0 Å². The van der Waals surface area contributed by atoms with Gasteiger partial charge in [0.25, 0.3) is 0 Å². The van der Waals surface area contributed by atoms with Gasteiger partial charge in [-0.15, -0.1) is 0 Å². The van der Waals surface area contributed by atoms with E-state index >= 15 is 0 Å². The Kier molecular flexibility index (Phi) is 3.92. The molecule has 0 aromatic carbocycles. The van der Waals surface area contributed by atoms with Crippen molar-refractivity contribution >= 4 is 0 Å². The summed E-state index contributed by atoms with van der Waals surface area (Å²) in [7, 11) is 1.70. The van der Waals surface area contributed by atoms with Gasteiger partial charge < -0.3 is 14.9 Å². The van der Waals surface area contributed by atoms with Crippen LogP contribution in [-0.4, -0.2) is 18.2 Å². The maximum atomic E-state index is 5.36. The van der Waals surface area contributed by atoms with Crippen molar-refractivity contribution in [1.82, 2.24) is 4.98 Å². The molecule has 1 aromatic heterocycles. The number of oxazole rings is 1. The molecule has 74 valence electrons. The number of ether oxygens (including phenoxy) is 1. The molecule has 1 atom stereocenters. The molecule has 1 unspecified atom stereocenters. The maximum absolute atomic E-state index is 5.36. The Hall–Kier alpha value is -0.870. The summed E-state index contributed by atoms with van der Waals surface area (Å²) in [5.41, 5.74) is 5.36. The number of hydrogen-bond acceptors (Lipinski definition) is 4. The molecule has 4 heteroatoms. The first kappa shape index (κ1) is 10.2. The molecule has 13 heavy (non-hydrogen) atoms. The van der Waals surface area contributed by atoms with E-state index in [9.17, 15) is 0 Å². The van der Waals surface area contributed by atoms with E-state index in [0.29, 0.717) is 12.4 Å². The molecular formula is C9H16N2O2. The molecule has 0 aliphatic rings. The Labute approximate surface area is 78.1 Å². The fourth-order valence-electron chi connectivity index (χ4n) is 1.02. The van der Waals surface area contributed by atoms with Crippen LogP contribution < -0.4 is 5.73 Å². The Bertz CT molecular complexity index is 248. The van der Waals surface area contributed by atoms with Gasteiger partial charge in [-0.1, -0.05) is 0 Å². The normalized spacial score (nSPS) is 13.2. The molecule has 0 aliphatic heterocycles. The van der Waals surface area contributed by atoms with Gasteiger partial charge in [-0.25, -0.2) is 4.98 Å². The summed E-state index contributed by atoms with van der Waals surface area (Å²) in [5, 5.41) is 0. The third kappa shape index (κ3) is 3.16. The van der Waals surface area contributed by atoms with Crippen LogP contribution in [0.15, 0.2) is 10.6 Å². The van der Waals surface area contributed by atoms with Crippen LogP contribution >= 0.6 is 0 Å².